The molecule has 0 fully saturated rings. The van der Waals surface area contributed by atoms with Crippen LogP contribution < -0.4 is 4.74 Å². The Bertz CT molecular complexity index is 749. The van der Waals surface area contributed by atoms with Crippen molar-refractivity contribution < 1.29 is 19.4 Å². The van der Waals surface area contributed by atoms with Crippen LogP contribution in [0.2, 0.25) is 15.1 Å². The summed E-state index contributed by atoms with van der Waals surface area (Å²) in [6.07, 6.45) is -1.19. The van der Waals surface area contributed by atoms with Gasteiger partial charge in [0.05, 0.1) is 34.2 Å². The monoisotopic (exact) mass is 402 g/mol. The number of aliphatic hydroxyl groups is 1. The van der Waals surface area contributed by atoms with Crippen molar-refractivity contribution in [3.63, 3.8) is 0 Å². The van der Waals surface area contributed by atoms with Gasteiger partial charge in [-0.25, -0.2) is 0 Å². The van der Waals surface area contributed by atoms with Crippen LogP contribution in [-0.2, 0) is 16.1 Å². The zero-order valence-electron chi connectivity index (χ0n) is 13.5. The van der Waals surface area contributed by atoms with Gasteiger partial charge in [-0.15, -0.1) is 0 Å². The summed E-state index contributed by atoms with van der Waals surface area (Å²) in [6.45, 7) is 2.26. The first-order valence-corrected chi connectivity index (χ1v) is 8.74. The van der Waals surface area contributed by atoms with E-state index in [1.165, 1.54) is 0 Å². The number of rotatable bonds is 7. The maximum absolute atomic E-state index is 11.4. The summed E-state index contributed by atoms with van der Waals surface area (Å²) in [4.78, 5) is 11.4. The number of aliphatic hydroxyl groups excluding tert-OH is 1. The molecule has 2 aromatic carbocycles. The SMILES string of the molecule is CCOC(=O)C[C@@H](O)c1ccc(OCc2ccc(Cl)c(Cl)c2)cc1Cl. The van der Waals surface area contributed by atoms with E-state index in [9.17, 15) is 9.90 Å². The van der Waals surface area contributed by atoms with Crippen LogP contribution >= 0.6 is 34.8 Å². The van der Waals surface area contributed by atoms with Crippen molar-refractivity contribution >= 4 is 40.8 Å². The van der Waals surface area contributed by atoms with E-state index in [4.69, 9.17) is 44.3 Å². The van der Waals surface area contributed by atoms with Crippen molar-refractivity contribution in [2.75, 3.05) is 6.61 Å². The van der Waals surface area contributed by atoms with Crippen molar-refractivity contribution in [3.05, 3.63) is 62.6 Å². The van der Waals surface area contributed by atoms with Gasteiger partial charge in [0.1, 0.15) is 12.4 Å². The molecule has 0 saturated heterocycles. The third-order valence-electron chi connectivity index (χ3n) is 3.39. The number of ether oxygens (including phenoxy) is 2. The maximum atomic E-state index is 11.4. The minimum absolute atomic E-state index is 0.156. The van der Waals surface area contributed by atoms with E-state index in [2.05, 4.69) is 0 Å². The van der Waals surface area contributed by atoms with Gasteiger partial charge in [-0.2, -0.15) is 0 Å². The molecule has 0 aliphatic carbocycles. The van der Waals surface area contributed by atoms with E-state index in [1.807, 2.05) is 6.07 Å². The zero-order valence-corrected chi connectivity index (χ0v) is 15.7. The lowest BCUT2D eigenvalue weighted by atomic mass is 10.1. The fourth-order valence-electron chi connectivity index (χ4n) is 2.15. The molecular formula is C18H17Cl3O4. The molecule has 134 valence electrons. The molecule has 0 saturated carbocycles. The van der Waals surface area contributed by atoms with E-state index < -0.39 is 12.1 Å². The number of halogens is 3. The topological polar surface area (TPSA) is 55.8 Å². The third-order valence-corrected chi connectivity index (χ3v) is 4.45. The summed E-state index contributed by atoms with van der Waals surface area (Å²) < 4.78 is 10.5. The van der Waals surface area contributed by atoms with Gasteiger partial charge < -0.3 is 14.6 Å². The fourth-order valence-corrected chi connectivity index (χ4v) is 2.77. The first-order valence-electron chi connectivity index (χ1n) is 7.60. The summed E-state index contributed by atoms with van der Waals surface area (Å²) in [7, 11) is 0. The molecule has 0 amide bonds. The number of hydrogen-bond acceptors (Lipinski definition) is 4. The standard InChI is InChI=1S/C18H17Cl3O4/c1-2-24-18(23)9-17(22)13-5-4-12(8-15(13)20)25-10-11-3-6-14(19)16(21)7-11/h3-8,17,22H,2,9-10H2,1H3/t17-/m1/s1. The van der Waals surface area contributed by atoms with Gasteiger partial charge in [0.15, 0.2) is 0 Å². The second-order valence-corrected chi connectivity index (χ2v) is 6.47. The molecule has 7 heteroatoms. The molecule has 0 unspecified atom stereocenters. The Morgan fingerprint density at radius 2 is 1.84 bits per heavy atom. The smallest absolute Gasteiger partial charge is 0.308 e. The minimum atomic E-state index is -1.03. The molecule has 25 heavy (non-hydrogen) atoms. The lowest BCUT2D eigenvalue weighted by molar-refractivity contribution is -0.145. The second-order valence-electron chi connectivity index (χ2n) is 5.25. The van der Waals surface area contributed by atoms with E-state index in [0.717, 1.165) is 5.56 Å². The Balaban J connectivity index is 2.00. The Morgan fingerprint density at radius 3 is 2.48 bits per heavy atom. The van der Waals surface area contributed by atoms with E-state index in [-0.39, 0.29) is 19.6 Å². The molecule has 0 aliphatic heterocycles. The highest BCUT2D eigenvalue weighted by atomic mass is 35.5. The van der Waals surface area contributed by atoms with E-state index in [1.54, 1.807) is 37.3 Å². The number of hydrogen-bond donors (Lipinski definition) is 1. The van der Waals surface area contributed by atoms with Crippen LogP contribution in [0.3, 0.4) is 0 Å². The Morgan fingerprint density at radius 1 is 1.08 bits per heavy atom. The lowest BCUT2D eigenvalue weighted by Gasteiger charge is -2.14. The number of esters is 1. The highest BCUT2D eigenvalue weighted by molar-refractivity contribution is 6.42. The van der Waals surface area contributed by atoms with Crippen molar-refractivity contribution in [1.82, 2.24) is 0 Å². The van der Waals surface area contributed by atoms with Crippen molar-refractivity contribution in [2.45, 2.75) is 26.1 Å². The first kappa shape index (κ1) is 19.9. The summed E-state index contributed by atoms with van der Waals surface area (Å²) in [5, 5.41) is 11.3. The van der Waals surface area contributed by atoms with Gasteiger partial charge in [-0.3, -0.25) is 4.79 Å². The van der Waals surface area contributed by atoms with Crippen LogP contribution in [0, 0.1) is 0 Å². The molecule has 1 N–H and O–H groups in total. The van der Waals surface area contributed by atoms with Gasteiger partial charge in [0.25, 0.3) is 0 Å². The largest absolute Gasteiger partial charge is 0.489 e. The average molecular weight is 404 g/mol. The molecule has 0 heterocycles. The fraction of sp³-hybridized carbons (Fsp3) is 0.278. The highest BCUT2D eigenvalue weighted by Gasteiger charge is 2.17. The van der Waals surface area contributed by atoms with Gasteiger partial charge in [0.2, 0.25) is 0 Å². The zero-order chi connectivity index (χ0) is 18.4. The molecule has 0 aliphatic rings. The van der Waals surface area contributed by atoms with Crippen LogP contribution in [-0.4, -0.2) is 17.7 Å². The van der Waals surface area contributed by atoms with Crippen LogP contribution in [0.1, 0.15) is 30.6 Å². The number of carbonyl (C=O) groups excluding carboxylic acids is 1. The molecule has 0 spiro atoms. The molecule has 2 rings (SSSR count). The van der Waals surface area contributed by atoms with Crippen LogP contribution in [0.4, 0.5) is 0 Å². The van der Waals surface area contributed by atoms with Crippen molar-refractivity contribution in [1.29, 1.82) is 0 Å². The predicted molar refractivity (Wildman–Crippen MR) is 98.5 cm³/mol. The summed E-state index contributed by atoms with van der Waals surface area (Å²) in [6, 6.07) is 10.1. The number of carbonyl (C=O) groups is 1. The lowest BCUT2D eigenvalue weighted by Crippen LogP contribution is -2.10. The third kappa shape index (κ3) is 5.79. The highest BCUT2D eigenvalue weighted by Crippen LogP contribution is 2.30. The van der Waals surface area contributed by atoms with Gasteiger partial charge in [-0.1, -0.05) is 46.9 Å². The van der Waals surface area contributed by atoms with Crippen LogP contribution in [0.25, 0.3) is 0 Å². The quantitative estimate of drug-likeness (QED) is 0.645. The number of benzene rings is 2. The predicted octanol–water partition coefficient (Wildman–Crippen LogP) is 5.21. The molecule has 2 aromatic rings. The Kier molecular flexibility index (Phi) is 7.38. The average Bonchev–Trinajstić information content (AvgIpc) is 2.56. The summed E-state index contributed by atoms with van der Waals surface area (Å²) in [5.41, 5.74) is 1.30. The van der Waals surface area contributed by atoms with E-state index in [0.29, 0.717) is 26.4 Å². The van der Waals surface area contributed by atoms with Gasteiger partial charge >= 0.3 is 5.97 Å². The summed E-state index contributed by atoms with van der Waals surface area (Å²) >= 11 is 18.0. The second kappa shape index (κ2) is 9.30. The Labute approximate surface area is 161 Å². The molecular weight excluding hydrogens is 387 g/mol. The van der Waals surface area contributed by atoms with Crippen LogP contribution in [0.5, 0.6) is 5.75 Å². The molecule has 4 nitrogen and oxygen atoms in total. The normalized spacial score (nSPS) is 11.9. The molecule has 1 atom stereocenters. The molecule has 0 aromatic heterocycles. The van der Waals surface area contributed by atoms with Crippen molar-refractivity contribution in [3.8, 4) is 5.75 Å². The van der Waals surface area contributed by atoms with Crippen LogP contribution in [0.15, 0.2) is 36.4 Å². The first-order chi connectivity index (χ1) is 11.9. The van der Waals surface area contributed by atoms with E-state index >= 15 is 0 Å². The van der Waals surface area contributed by atoms with Gasteiger partial charge in [-0.05, 0) is 42.3 Å². The molecule has 0 bridgehead atoms. The summed E-state index contributed by atoms with van der Waals surface area (Å²) in [5.74, 6) is 0.0502. The Hall–Kier alpha value is -1.46. The maximum Gasteiger partial charge on any atom is 0.308 e. The van der Waals surface area contributed by atoms with Crippen molar-refractivity contribution in [2.24, 2.45) is 0 Å². The van der Waals surface area contributed by atoms with Gasteiger partial charge in [0, 0.05) is 0 Å². The minimum Gasteiger partial charge on any atom is -0.489 e. The molecule has 0 radical (unpaired) electrons.